The van der Waals surface area contributed by atoms with Crippen LogP contribution in [0.4, 0.5) is 0 Å². The number of aromatic nitrogens is 2. The summed E-state index contributed by atoms with van der Waals surface area (Å²) in [5, 5.41) is 9.44. The lowest BCUT2D eigenvalue weighted by atomic mass is 10.4. The van der Waals surface area contributed by atoms with Gasteiger partial charge in [0.2, 0.25) is 0 Å². The molecule has 1 N–H and O–H groups in total. The maximum Gasteiger partial charge on any atom is 0.187 e. The Morgan fingerprint density at radius 2 is 2.09 bits per heavy atom. The third kappa shape index (κ3) is 2.48. The fourth-order valence-corrected chi connectivity index (χ4v) is 1.14. The topological polar surface area (TPSA) is 46.0 Å². The first kappa shape index (κ1) is 8.49. The fourth-order valence-electron chi connectivity index (χ4n) is 0.628. The molecule has 0 unspecified atom stereocenters. The van der Waals surface area contributed by atoms with Gasteiger partial charge in [-0.3, -0.25) is 0 Å². The summed E-state index contributed by atoms with van der Waals surface area (Å²) in [6, 6.07) is 0. The Kier molecular flexibility index (Phi) is 3.32. The smallest absolute Gasteiger partial charge is 0.187 e. The third-order valence-corrected chi connectivity index (χ3v) is 1.90. The van der Waals surface area contributed by atoms with E-state index in [1.54, 1.807) is 24.2 Å². The first-order valence-electron chi connectivity index (χ1n) is 3.41. The molecule has 0 fully saturated rings. The number of aliphatic hydroxyl groups excluding tert-OH is 1. The molecule has 0 aromatic carbocycles. The van der Waals surface area contributed by atoms with Crippen LogP contribution in [0, 0.1) is 0 Å². The molecule has 3 nitrogen and oxygen atoms in total. The molecule has 1 aromatic heterocycles. The van der Waals surface area contributed by atoms with Crippen LogP contribution >= 0.6 is 11.8 Å². The molecule has 1 aromatic rings. The molecule has 1 rings (SSSR count). The molecule has 0 aliphatic rings. The molecule has 11 heavy (non-hydrogen) atoms. The van der Waals surface area contributed by atoms with Crippen LogP contribution in [-0.2, 0) is 6.61 Å². The van der Waals surface area contributed by atoms with Gasteiger partial charge < -0.3 is 5.11 Å². The molecule has 0 saturated heterocycles. The van der Waals surface area contributed by atoms with E-state index in [-0.39, 0.29) is 6.61 Å². The van der Waals surface area contributed by atoms with Gasteiger partial charge in [0.15, 0.2) is 5.16 Å². The minimum absolute atomic E-state index is 0.0110. The molecule has 0 aliphatic heterocycles. The van der Waals surface area contributed by atoms with E-state index in [0.29, 0.717) is 0 Å². The van der Waals surface area contributed by atoms with Crippen molar-refractivity contribution in [2.75, 3.05) is 5.75 Å². The van der Waals surface area contributed by atoms with Crippen LogP contribution in [0.2, 0.25) is 0 Å². The van der Waals surface area contributed by atoms with Crippen molar-refractivity contribution in [3.63, 3.8) is 0 Å². The summed E-state index contributed by atoms with van der Waals surface area (Å²) < 4.78 is 0. The zero-order chi connectivity index (χ0) is 8.10. The summed E-state index contributed by atoms with van der Waals surface area (Å²) in [7, 11) is 0. The van der Waals surface area contributed by atoms with E-state index in [9.17, 15) is 0 Å². The summed E-state index contributed by atoms with van der Waals surface area (Å²) in [4.78, 5) is 8.06. The van der Waals surface area contributed by atoms with Crippen LogP contribution in [0.5, 0.6) is 0 Å². The molecular formula is C7H10N2OS. The summed E-state index contributed by atoms with van der Waals surface area (Å²) >= 11 is 1.59. The molecular weight excluding hydrogens is 160 g/mol. The highest BCUT2D eigenvalue weighted by Crippen LogP contribution is 2.10. The van der Waals surface area contributed by atoms with Crippen LogP contribution < -0.4 is 0 Å². The normalized spacial score (nSPS) is 10.0. The second-order valence-corrected chi connectivity index (χ2v) is 3.20. The molecule has 0 aliphatic carbocycles. The molecule has 1 heterocycles. The average molecular weight is 170 g/mol. The van der Waals surface area contributed by atoms with Crippen molar-refractivity contribution in [2.45, 2.75) is 18.7 Å². The van der Waals surface area contributed by atoms with E-state index in [2.05, 4.69) is 9.97 Å². The van der Waals surface area contributed by atoms with Gasteiger partial charge in [-0.05, 0) is 5.75 Å². The van der Waals surface area contributed by atoms with E-state index < -0.39 is 0 Å². The predicted octanol–water partition coefficient (Wildman–Crippen LogP) is 1.08. The molecule has 0 radical (unpaired) electrons. The van der Waals surface area contributed by atoms with Crippen molar-refractivity contribution in [2.24, 2.45) is 0 Å². The summed E-state index contributed by atoms with van der Waals surface area (Å²) in [6.45, 7) is 2.06. The lowest BCUT2D eigenvalue weighted by Crippen LogP contribution is -1.90. The summed E-state index contributed by atoms with van der Waals surface area (Å²) in [6.07, 6.45) is 3.29. The maximum atomic E-state index is 8.67. The molecule has 0 amide bonds. The third-order valence-electron chi connectivity index (χ3n) is 1.14. The highest BCUT2D eigenvalue weighted by molar-refractivity contribution is 7.99. The molecule has 0 bridgehead atoms. The summed E-state index contributed by atoms with van der Waals surface area (Å²) in [5.74, 6) is 0.971. The highest BCUT2D eigenvalue weighted by Gasteiger charge is 1.94. The van der Waals surface area contributed by atoms with Gasteiger partial charge in [-0.25, -0.2) is 9.97 Å². The zero-order valence-electron chi connectivity index (χ0n) is 6.32. The SMILES string of the molecule is CCSc1ncc(CO)cn1. The molecule has 60 valence electrons. The van der Waals surface area contributed by atoms with Crippen molar-refractivity contribution < 1.29 is 5.11 Å². The Balaban J connectivity index is 2.66. The van der Waals surface area contributed by atoms with Crippen LogP contribution in [0.25, 0.3) is 0 Å². The van der Waals surface area contributed by atoms with Gasteiger partial charge >= 0.3 is 0 Å². The van der Waals surface area contributed by atoms with E-state index in [0.717, 1.165) is 16.5 Å². The monoisotopic (exact) mass is 170 g/mol. The fraction of sp³-hybridized carbons (Fsp3) is 0.429. The standard InChI is InChI=1S/C7H10N2OS/c1-2-11-7-8-3-6(5-10)4-9-7/h3-4,10H,2,5H2,1H3. The van der Waals surface area contributed by atoms with E-state index >= 15 is 0 Å². The van der Waals surface area contributed by atoms with Crippen molar-refractivity contribution in [3.8, 4) is 0 Å². The van der Waals surface area contributed by atoms with Gasteiger partial charge in [0.1, 0.15) is 0 Å². The first-order valence-corrected chi connectivity index (χ1v) is 4.40. The van der Waals surface area contributed by atoms with Crippen LogP contribution in [0.15, 0.2) is 17.6 Å². The second-order valence-electron chi connectivity index (χ2n) is 1.97. The number of aliphatic hydroxyl groups is 1. The molecule has 4 heteroatoms. The first-order chi connectivity index (χ1) is 5.36. The lowest BCUT2D eigenvalue weighted by Gasteiger charge is -1.96. The minimum atomic E-state index is 0.0110. The Bertz CT molecular complexity index is 212. The number of rotatable bonds is 3. The van der Waals surface area contributed by atoms with Gasteiger partial charge in [-0.15, -0.1) is 0 Å². The maximum absolute atomic E-state index is 8.67. The van der Waals surface area contributed by atoms with Crippen LogP contribution in [-0.4, -0.2) is 20.8 Å². The van der Waals surface area contributed by atoms with Crippen molar-refractivity contribution in [1.29, 1.82) is 0 Å². The Morgan fingerprint density at radius 1 is 1.45 bits per heavy atom. The van der Waals surface area contributed by atoms with E-state index in [4.69, 9.17) is 5.11 Å². The molecule has 0 saturated carbocycles. The van der Waals surface area contributed by atoms with Crippen LogP contribution in [0.1, 0.15) is 12.5 Å². The Morgan fingerprint density at radius 3 is 2.55 bits per heavy atom. The summed E-state index contributed by atoms with van der Waals surface area (Å²) in [5.41, 5.74) is 0.755. The number of nitrogens with zero attached hydrogens (tertiary/aromatic N) is 2. The van der Waals surface area contributed by atoms with E-state index in [1.165, 1.54) is 0 Å². The quantitative estimate of drug-likeness (QED) is 0.544. The van der Waals surface area contributed by atoms with Crippen LogP contribution in [0.3, 0.4) is 0 Å². The van der Waals surface area contributed by atoms with E-state index in [1.807, 2.05) is 6.92 Å². The average Bonchev–Trinajstić information content (AvgIpc) is 2.07. The number of hydrogen-bond donors (Lipinski definition) is 1. The molecule has 0 atom stereocenters. The number of hydrogen-bond acceptors (Lipinski definition) is 4. The van der Waals surface area contributed by atoms with Gasteiger partial charge in [0.05, 0.1) is 6.61 Å². The number of thioether (sulfide) groups is 1. The van der Waals surface area contributed by atoms with Gasteiger partial charge in [-0.2, -0.15) is 0 Å². The molecule has 0 spiro atoms. The van der Waals surface area contributed by atoms with Gasteiger partial charge in [0.25, 0.3) is 0 Å². The Hall–Kier alpha value is -0.610. The Labute approximate surface area is 69.9 Å². The predicted molar refractivity (Wildman–Crippen MR) is 44.4 cm³/mol. The highest BCUT2D eigenvalue weighted by atomic mass is 32.2. The second kappa shape index (κ2) is 4.31. The van der Waals surface area contributed by atoms with Crippen molar-refractivity contribution in [1.82, 2.24) is 9.97 Å². The lowest BCUT2D eigenvalue weighted by molar-refractivity contribution is 0.280. The van der Waals surface area contributed by atoms with Crippen molar-refractivity contribution in [3.05, 3.63) is 18.0 Å². The van der Waals surface area contributed by atoms with Gasteiger partial charge in [-0.1, -0.05) is 18.7 Å². The van der Waals surface area contributed by atoms with Gasteiger partial charge in [0, 0.05) is 18.0 Å². The zero-order valence-corrected chi connectivity index (χ0v) is 7.14. The van der Waals surface area contributed by atoms with Crippen molar-refractivity contribution >= 4 is 11.8 Å². The minimum Gasteiger partial charge on any atom is -0.392 e. The largest absolute Gasteiger partial charge is 0.392 e.